The molecule has 2 N–H and O–H groups in total. The number of phenolic OH excluding ortho intramolecular Hbond substituents is 2. The number of fused-ring (bicyclic) bond motifs is 2. The highest BCUT2D eigenvalue weighted by Crippen LogP contribution is 2.45. The molecule has 0 radical (unpaired) electrons. The summed E-state index contributed by atoms with van der Waals surface area (Å²) in [5.74, 6) is 0.296. The van der Waals surface area contributed by atoms with Gasteiger partial charge in [-0.3, -0.25) is 0 Å². The normalized spacial score (nSPS) is 11.2. The molecule has 0 fully saturated rings. The molecule has 34 heavy (non-hydrogen) atoms. The highest BCUT2D eigenvalue weighted by Gasteiger charge is 2.17. The summed E-state index contributed by atoms with van der Waals surface area (Å²) in [6.45, 7) is 0. The molecule has 0 amide bonds. The first-order chi connectivity index (χ1) is 16.7. The third kappa shape index (κ3) is 3.37. The first kappa shape index (κ1) is 20.1. The summed E-state index contributed by atoms with van der Waals surface area (Å²) in [7, 11) is 0. The molecule has 0 spiro atoms. The molecule has 0 unspecified atom stereocenters. The van der Waals surface area contributed by atoms with Crippen LogP contribution in [0.15, 0.2) is 121 Å². The van der Waals surface area contributed by atoms with Gasteiger partial charge < -0.3 is 10.2 Å². The number of hydrogen-bond donors (Lipinski definition) is 2. The molecule has 0 aliphatic carbocycles. The van der Waals surface area contributed by atoms with Gasteiger partial charge in [-0.2, -0.15) is 0 Å². The van der Waals surface area contributed by atoms with Crippen LogP contribution < -0.4 is 0 Å². The Morgan fingerprint density at radius 3 is 1.18 bits per heavy atom. The van der Waals surface area contributed by atoms with E-state index in [0.717, 1.165) is 43.8 Å². The van der Waals surface area contributed by atoms with E-state index in [1.54, 1.807) is 12.1 Å². The summed E-state index contributed by atoms with van der Waals surface area (Å²) in [4.78, 5) is 0. The minimum absolute atomic E-state index is 0.148. The number of hydrogen-bond acceptors (Lipinski definition) is 2. The van der Waals surface area contributed by atoms with Crippen molar-refractivity contribution >= 4 is 21.5 Å². The van der Waals surface area contributed by atoms with Crippen molar-refractivity contribution < 1.29 is 10.2 Å². The Morgan fingerprint density at radius 1 is 0.353 bits per heavy atom. The van der Waals surface area contributed by atoms with Crippen molar-refractivity contribution in [2.24, 2.45) is 0 Å². The molecular formula is C32H22O2. The van der Waals surface area contributed by atoms with E-state index in [1.165, 1.54) is 0 Å². The van der Waals surface area contributed by atoms with Gasteiger partial charge in [-0.1, -0.05) is 97.1 Å². The van der Waals surface area contributed by atoms with Crippen LogP contribution in [0.5, 0.6) is 11.5 Å². The Kier molecular flexibility index (Phi) is 4.78. The summed E-state index contributed by atoms with van der Waals surface area (Å²) in [5.41, 5.74) is 5.79. The molecule has 2 nitrogen and oxygen atoms in total. The molecule has 0 aliphatic heterocycles. The first-order valence-corrected chi connectivity index (χ1v) is 11.3. The van der Waals surface area contributed by atoms with Gasteiger partial charge in [-0.05, 0) is 68.1 Å². The van der Waals surface area contributed by atoms with Crippen LogP contribution in [0.2, 0.25) is 0 Å². The zero-order chi connectivity index (χ0) is 23.1. The van der Waals surface area contributed by atoms with Crippen LogP contribution in [0.4, 0.5) is 0 Å². The van der Waals surface area contributed by atoms with Crippen LogP contribution in [0.3, 0.4) is 0 Å². The van der Waals surface area contributed by atoms with Crippen LogP contribution in [0.25, 0.3) is 54.9 Å². The van der Waals surface area contributed by atoms with E-state index in [2.05, 4.69) is 48.5 Å². The molecule has 0 saturated heterocycles. The average Bonchev–Trinajstić information content (AvgIpc) is 2.90. The topological polar surface area (TPSA) is 40.5 Å². The molecule has 6 aromatic carbocycles. The van der Waals surface area contributed by atoms with Gasteiger partial charge in [0, 0.05) is 11.1 Å². The van der Waals surface area contributed by atoms with E-state index in [9.17, 15) is 10.2 Å². The van der Waals surface area contributed by atoms with Crippen molar-refractivity contribution in [2.45, 2.75) is 0 Å². The Balaban J connectivity index is 1.57. The molecule has 0 aromatic heterocycles. The van der Waals surface area contributed by atoms with E-state index >= 15 is 0 Å². The molecule has 162 valence electrons. The number of rotatable bonds is 3. The second-order valence-electron chi connectivity index (χ2n) is 8.52. The van der Waals surface area contributed by atoms with Crippen LogP contribution in [0, 0.1) is 0 Å². The van der Waals surface area contributed by atoms with E-state index in [4.69, 9.17) is 0 Å². The first-order valence-electron chi connectivity index (χ1n) is 11.3. The maximum absolute atomic E-state index is 11.0. The SMILES string of the molecule is Oc1ccc2cc(-c3ccccc3)ccc2c1-c1c(O)ccc2cc(-c3ccccc3)ccc12. The Labute approximate surface area is 198 Å². The molecule has 2 heteroatoms. The minimum Gasteiger partial charge on any atom is -0.507 e. The quantitative estimate of drug-likeness (QED) is 0.291. The van der Waals surface area contributed by atoms with Gasteiger partial charge >= 0.3 is 0 Å². The third-order valence-electron chi connectivity index (χ3n) is 6.46. The van der Waals surface area contributed by atoms with Gasteiger partial charge in [-0.25, -0.2) is 0 Å². The van der Waals surface area contributed by atoms with Crippen LogP contribution >= 0.6 is 0 Å². The van der Waals surface area contributed by atoms with Crippen LogP contribution in [0.1, 0.15) is 0 Å². The molecule has 0 aliphatic rings. The van der Waals surface area contributed by atoms with Gasteiger partial charge in [0.05, 0.1) is 0 Å². The van der Waals surface area contributed by atoms with Gasteiger partial charge in [0.2, 0.25) is 0 Å². The molecular weight excluding hydrogens is 416 g/mol. The lowest BCUT2D eigenvalue weighted by atomic mass is 9.90. The number of aromatic hydroxyl groups is 2. The van der Waals surface area contributed by atoms with Crippen molar-refractivity contribution in [3.63, 3.8) is 0 Å². The van der Waals surface area contributed by atoms with Crippen LogP contribution in [-0.2, 0) is 0 Å². The van der Waals surface area contributed by atoms with Crippen molar-refractivity contribution in [1.29, 1.82) is 0 Å². The summed E-state index contributed by atoms with van der Waals surface area (Å²) in [5, 5.41) is 25.7. The van der Waals surface area contributed by atoms with Crippen molar-refractivity contribution in [1.82, 2.24) is 0 Å². The monoisotopic (exact) mass is 438 g/mol. The molecule has 0 atom stereocenters. The largest absolute Gasteiger partial charge is 0.507 e. The zero-order valence-corrected chi connectivity index (χ0v) is 18.4. The zero-order valence-electron chi connectivity index (χ0n) is 18.4. The lowest BCUT2D eigenvalue weighted by Crippen LogP contribution is -1.88. The van der Waals surface area contributed by atoms with E-state index in [0.29, 0.717) is 11.1 Å². The lowest BCUT2D eigenvalue weighted by Gasteiger charge is -2.15. The van der Waals surface area contributed by atoms with Crippen molar-refractivity contribution in [3.8, 4) is 44.9 Å². The molecule has 0 heterocycles. The fourth-order valence-electron chi connectivity index (χ4n) is 4.78. The summed E-state index contributed by atoms with van der Waals surface area (Å²) < 4.78 is 0. The van der Waals surface area contributed by atoms with Gasteiger partial charge in [0.25, 0.3) is 0 Å². The van der Waals surface area contributed by atoms with Crippen molar-refractivity contribution in [3.05, 3.63) is 121 Å². The number of phenols is 2. The van der Waals surface area contributed by atoms with E-state index < -0.39 is 0 Å². The Morgan fingerprint density at radius 2 is 0.765 bits per heavy atom. The average molecular weight is 439 g/mol. The van der Waals surface area contributed by atoms with E-state index in [1.807, 2.05) is 60.7 Å². The fraction of sp³-hybridized carbons (Fsp3) is 0. The molecule has 0 saturated carbocycles. The molecule has 6 aromatic rings. The standard InChI is InChI=1S/C32H22O2/c33-29-17-13-25-19-23(21-7-3-1-4-8-21)11-15-27(25)31(29)32-28-16-12-24(22-9-5-2-6-10-22)20-26(28)14-18-30(32)34/h1-20,33-34H. The van der Waals surface area contributed by atoms with Gasteiger partial charge in [0.15, 0.2) is 0 Å². The molecule has 6 rings (SSSR count). The summed E-state index contributed by atoms with van der Waals surface area (Å²) in [6.07, 6.45) is 0. The number of benzene rings is 6. The second kappa shape index (κ2) is 8.09. The van der Waals surface area contributed by atoms with E-state index in [-0.39, 0.29) is 11.5 Å². The van der Waals surface area contributed by atoms with Gasteiger partial charge in [0.1, 0.15) is 11.5 Å². The van der Waals surface area contributed by atoms with Crippen LogP contribution in [-0.4, -0.2) is 10.2 Å². The summed E-state index contributed by atoms with van der Waals surface area (Å²) >= 11 is 0. The Bertz CT molecular complexity index is 1530. The Hall–Kier alpha value is -4.56. The third-order valence-corrected chi connectivity index (χ3v) is 6.46. The van der Waals surface area contributed by atoms with Gasteiger partial charge in [-0.15, -0.1) is 0 Å². The van der Waals surface area contributed by atoms with Crippen molar-refractivity contribution in [2.75, 3.05) is 0 Å². The highest BCUT2D eigenvalue weighted by atomic mass is 16.3. The predicted molar refractivity (Wildman–Crippen MR) is 141 cm³/mol. The highest BCUT2D eigenvalue weighted by molar-refractivity contribution is 6.10. The fourth-order valence-corrected chi connectivity index (χ4v) is 4.78. The smallest absolute Gasteiger partial charge is 0.124 e. The lowest BCUT2D eigenvalue weighted by molar-refractivity contribution is 0.470. The maximum Gasteiger partial charge on any atom is 0.124 e. The predicted octanol–water partition coefficient (Wildman–Crippen LogP) is 8.41. The molecule has 0 bridgehead atoms. The summed E-state index contributed by atoms with van der Waals surface area (Å²) in [6, 6.07) is 40.2. The maximum atomic E-state index is 11.0. The second-order valence-corrected chi connectivity index (χ2v) is 8.52. The minimum atomic E-state index is 0.148.